The Morgan fingerprint density at radius 1 is 0.962 bits per heavy atom. The molecule has 0 saturated heterocycles. The largest absolute Gasteiger partial charge is 0.453 e. The van der Waals surface area contributed by atoms with E-state index in [4.69, 9.17) is 16.0 Å². The van der Waals surface area contributed by atoms with Crippen molar-refractivity contribution in [3.8, 4) is 0 Å². The van der Waals surface area contributed by atoms with Crippen LogP contribution >= 0.6 is 11.6 Å². The molecule has 1 heterocycles. The number of benzene rings is 3. The fourth-order valence-electron chi connectivity index (χ4n) is 2.87. The average Bonchev–Trinajstić information content (AvgIpc) is 3.07. The highest BCUT2D eigenvalue weighted by molar-refractivity contribution is 6.35. The summed E-state index contributed by atoms with van der Waals surface area (Å²) in [5.74, 6) is 0.0568. The van der Waals surface area contributed by atoms with Crippen molar-refractivity contribution in [3.05, 3.63) is 94.7 Å². The van der Waals surface area contributed by atoms with Gasteiger partial charge in [0.05, 0.1) is 5.02 Å². The average molecular weight is 362 g/mol. The second kappa shape index (κ2) is 6.70. The van der Waals surface area contributed by atoms with Gasteiger partial charge in [-0.15, -0.1) is 0 Å². The molecule has 1 aromatic heterocycles. The number of anilines is 2. The molecule has 3 nitrogen and oxygen atoms in total. The third-order valence-electron chi connectivity index (χ3n) is 4.29. The Labute approximate surface area is 156 Å². The van der Waals surface area contributed by atoms with Gasteiger partial charge in [-0.1, -0.05) is 48.0 Å². The summed E-state index contributed by atoms with van der Waals surface area (Å²) in [7, 11) is 0. The number of rotatable bonds is 4. The number of hydrogen-bond donors (Lipinski definition) is 1. The summed E-state index contributed by atoms with van der Waals surface area (Å²) in [6, 6.07) is 22.6. The van der Waals surface area contributed by atoms with Crippen LogP contribution in [0.3, 0.4) is 0 Å². The number of furan rings is 1. The molecule has 0 atom stereocenters. The summed E-state index contributed by atoms with van der Waals surface area (Å²) < 4.78 is 5.66. The van der Waals surface area contributed by atoms with Crippen LogP contribution in [0, 0.1) is 6.92 Å². The highest BCUT2D eigenvalue weighted by Crippen LogP contribution is 2.28. The Hall–Kier alpha value is -3.04. The molecule has 4 aromatic rings. The molecule has 26 heavy (non-hydrogen) atoms. The van der Waals surface area contributed by atoms with Gasteiger partial charge in [-0.25, -0.2) is 0 Å². The molecular weight excluding hydrogens is 346 g/mol. The van der Waals surface area contributed by atoms with Gasteiger partial charge in [-0.3, -0.25) is 4.79 Å². The number of nitrogens with one attached hydrogen (secondary N) is 1. The van der Waals surface area contributed by atoms with Crippen molar-refractivity contribution in [1.29, 1.82) is 0 Å². The summed E-state index contributed by atoms with van der Waals surface area (Å²) in [6.45, 7) is 2.03. The van der Waals surface area contributed by atoms with Crippen molar-refractivity contribution in [1.82, 2.24) is 0 Å². The van der Waals surface area contributed by atoms with Crippen LogP contribution in [0.15, 0.2) is 77.2 Å². The Morgan fingerprint density at radius 3 is 2.50 bits per heavy atom. The molecular formula is C22H16ClNO2. The first kappa shape index (κ1) is 16.4. The van der Waals surface area contributed by atoms with E-state index in [-0.39, 0.29) is 11.5 Å². The quantitative estimate of drug-likeness (QED) is 0.429. The summed E-state index contributed by atoms with van der Waals surface area (Å²) in [5.41, 5.74) is 4.06. The predicted octanol–water partition coefficient (Wildman–Crippen LogP) is 6.37. The molecule has 0 spiro atoms. The highest BCUT2D eigenvalue weighted by Gasteiger charge is 2.17. The molecule has 1 N–H and O–H groups in total. The molecule has 128 valence electrons. The maximum atomic E-state index is 12.8. The van der Waals surface area contributed by atoms with Crippen molar-refractivity contribution in [2.45, 2.75) is 6.92 Å². The number of para-hydroxylation sites is 2. The van der Waals surface area contributed by atoms with E-state index in [9.17, 15) is 4.79 Å². The van der Waals surface area contributed by atoms with E-state index < -0.39 is 0 Å². The smallest absolute Gasteiger partial charge is 0.229 e. The number of carbonyl (C=O) groups is 1. The van der Waals surface area contributed by atoms with Gasteiger partial charge in [0.25, 0.3) is 0 Å². The van der Waals surface area contributed by atoms with Crippen LogP contribution in [0.1, 0.15) is 21.7 Å². The van der Waals surface area contributed by atoms with Gasteiger partial charge in [0.15, 0.2) is 5.76 Å². The molecule has 3 aromatic carbocycles. The molecule has 4 rings (SSSR count). The van der Waals surface area contributed by atoms with Crippen LogP contribution in [-0.2, 0) is 0 Å². The van der Waals surface area contributed by atoms with Gasteiger partial charge in [0.1, 0.15) is 5.58 Å². The first-order chi connectivity index (χ1) is 12.6. The number of ketones is 1. The van der Waals surface area contributed by atoms with Crippen LogP contribution in [-0.4, -0.2) is 5.78 Å². The first-order valence-corrected chi connectivity index (χ1v) is 8.65. The maximum Gasteiger partial charge on any atom is 0.229 e. The monoisotopic (exact) mass is 361 g/mol. The van der Waals surface area contributed by atoms with Crippen molar-refractivity contribution in [3.63, 3.8) is 0 Å². The number of hydrogen-bond acceptors (Lipinski definition) is 3. The number of fused-ring (bicyclic) bond motifs is 1. The summed E-state index contributed by atoms with van der Waals surface area (Å²) in [5, 5.41) is 4.60. The minimum absolute atomic E-state index is 0.228. The molecule has 0 radical (unpaired) electrons. The van der Waals surface area contributed by atoms with Crippen LogP contribution in [0.2, 0.25) is 5.02 Å². The molecule has 0 aliphatic rings. The Morgan fingerprint density at radius 2 is 1.73 bits per heavy atom. The van der Waals surface area contributed by atoms with E-state index in [0.717, 1.165) is 22.3 Å². The second-order valence-corrected chi connectivity index (χ2v) is 6.52. The first-order valence-electron chi connectivity index (χ1n) is 8.27. The molecule has 0 aliphatic heterocycles. The van der Waals surface area contributed by atoms with E-state index in [1.165, 1.54) is 0 Å². The fourth-order valence-corrected chi connectivity index (χ4v) is 3.14. The van der Waals surface area contributed by atoms with Gasteiger partial charge in [0, 0.05) is 22.3 Å². The molecule has 0 unspecified atom stereocenters. The lowest BCUT2D eigenvalue weighted by Crippen LogP contribution is -2.01. The van der Waals surface area contributed by atoms with Gasteiger partial charge in [0.2, 0.25) is 5.78 Å². The Kier molecular flexibility index (Phi) is 4.23. The van der Waals surface area contributed by atoms with E-state index in [1.807, 2.05) is 61.5 Å². The normalized spacial score (nSPS) is 10.8. The van der Waals surface area contributed by atoms with Crippen molar-refractivity contribution >= 4 is 39.7 Å². The van der Waals surface area contributed by atoms with Crippen molar-refractivity contribution < 1.29 is 9.21 Å². The van der Waals surface area contributed by atoms with E-state index in [1.54, 1.807) is 18.2 Å². The molecule has 4 heteroatoms. The van der Waals surface area contributed by atoms with Crippen LogP contribution in [0.25, 0.3) is 11.0 Å². The van der Waals surface area contributed by atoms with E-state index in [2.05, 4.69) is 5.32 Å². The van der Waals surface area contributed by atoms with Gasteiger partial charge >= 0.3 is 0 Å². The molecule has 0 fully saturated rings. The number of carbonyl (C=O) groups excluding carboxylic acids is 1. The Bertz CT molecular complexity index is 1080. The maximum absolute atomic E-state index is 12.8. The zero-order chi connectivity index (χ0) is 18.1. The number of halogens is 1. The topological polar surface area (TPSA) is 42.2 Å². The lowest BCUT2D eigenvalue weighted by molar-refractivity contribution is 0.101. The van der Waals surface area contributed by atoms with Gasteiger partial charge in [-0.2, -0.15) is 0 Å². The van der Waals surface area contributed by atoms with Gasteiger partial charge in [-0.05, 0) is 48.9 Å². The minimum atomic E-state index is -0.228. The van der Waals surface area contributed by atoms with E-state index >= 15 is 0 Å². The summed E-state index contributed by atoms with van der Waals surface area (Å²) in [6.07, 6.45) is 0. The predicted molar refractivity (Wildman–Crippen MR) is 106 cm³/mol. The molecule has 0 amide bonds. The zero-order valence-electron chi connectivity index (χ0n) is 14.1. The Balaban J connectivity index is 1.63. The third-order valence-corrected chi connectivity index (χ3v) is 4.60. The van der Waals surface area contributed by atoms with Crippen molar-refractivity contribution in [2.24, 2.45) is 0 Å². The minimum Gasteiger partial charge on any atom is -0.453 e. The SMILES string of the molecule is Cc1ccccc1Nc1ccc(C(=O)c2cc3ccccc3o2)c(Cl)c1. The second-order valence-electron chi connectivity index (χ2n) is 6.11. The highest BCUT2D eigenvalue weighted by atomic mass is 35.5. The lowest BCUT2D eigenvalue weighted by Gasteiger charge is -2.11. The van der Waals surface area contributed by atoms with Crippen LogP contribution in [0.4, 0.5) is 11.4 Å². The third kappa shape index (κ3) is 3.09. The molecule has 0 bridgehead atoms. The zero-order valence-corrected chi connectivity index (χ0v) is 14.9. The summed E-state index contributed by atoms with van der Waals surface area (Å²) >= 11 is 6.38. The summed E-state index contributed by atoms with van der Waals surface area (Å²) in [4.78, 5) is 12.8. The molecule has 0 aliphatic carbocycles. The van der Waals surface area contributed by atoms with Crippen molar-refractivity contribution in [2.75, 3.05) is 5.32 Å². The molecule has 0 saturated carbocycles. The fraction of sp³-hybridized carbons (Fsp3) is 0.0455. The van der Waals surface area contributed by atoms with Gasteiger partial charge < -0.3 is 9.73 Å². The van der Waals surface area contributed by atoms with Crippen LogP contribution < -0.4 is 5.32 Å². The van der Waals surface area contributed by atoms with E-state index in [0.29, 0.717) is 16.2 Å². The number of aryl methyl sites for hydroxylation is 1. The standard InChI is InChI=1S/C22H16ClNO2/c1-14-6-2-4-8-19(14)24-16-10-11-17(18(23)13-16)22(25)21-12-15-7-3-5-9-20(15)26-21/h2-13,24H,1H3. The lowest BCUT2D eigenvalue weighted by atomic mass is 10.1. The van der Waals surface area contributed by atoms with Crippen LogP contribution in [0.5, 0.6) is 0 Å².